The number of nitrogens with zero attached hydrogens (tertiary/aromatic N) is 3. The largest absolute Gasteiger partial charge is 0.485 e. The third-order valence-corrected chi connectivity index (χ3v) is 4.63. The van der Waals surface area contributed by atoms with Gasteiger partial charge in [0.2, 0.25) is 5.82 Å². The quantitative estimate of drug-likeness (QED) is 0.506. The molecule has 0 unspecified atom stereocenters. The van der Waals surface area contributed by atoms with Gasteiger partial charge in [0, 0.05) is 0 Å². The van der Waals surface area contributed by atoms with Gasteiger partial charge in [-0.2, -0.15) is 10.2 Å². The van der Waals surface area contributed by atoms with E-state index in [-0.39, 0.29) is 6.61 Å². The summed E-state index contributed by atoms with van der Waals surface area (Å²) in [5.41, 5.74) is 2.76. The van der Waals surface area contributed by atoms with E-state index in [0.29, 0.717) is 17.3 Å². The summed E-state index contributed by atoms with van der Waals surface area (Å²) in [6.07, 6.45) is 0. The lowest BCUT2D eigenvalue weighted by molar-refractivity contribution is 0.287. The summed E-state index contributed by atoms with van der Waals surface area (Å²) >= 11 is 1.55. The Balaban J connectivity index is 1.40. The number of rotatable bonds is 5. The first kappa shape index (κ1) is 16.1. The average molecular weight is 359 g/mol. The minimum absolute atomic E-state index is 0.241. The Morgan fingerprint density at radius 3 is 2.38 bits per heavy atom. The van der Waals surface area contributed by atoms with E-state index >= 15 is 0 Å². The fourth-order valence-electron chi connectivity index (χ4n) is 2.44. The third kappa shape index (κ3) is 3.48. The van der Waals surface area contributed by atoms with Crippen LogP contribution >= 0.6 is 11.3 Å². The first-order chi connectivity index (χ1) is 12.8. The summed E-state index contributed by atoms with van der Waals surface area (Å²) < 4.78 is 11.0. The van der Waals surface area contributed by atoms with Crippen molar-refractivity contribution in [3.8, 4) is 33.7 Å². The molecule has 0 N–H and O–H groups in total. The van der Waals surface area contributed by atoms with Gasteiger partial charge >= 0.3 is 0 Å². The van der Waals surface area contributed by atoms with Gasteiger partial charge in [0.15, 0.2) is 6.61 Å². The number of aromatic nitrogens is 2. The molecular weight excluding hydrogens is 346 g/mol. The van der Waals surface area contributed by atoms with E-state index in [1.54, 1.807) is 23.5 Å². The van der Waals surface area contributed by atoms with Gasteiger partial charge in [0.1, 0.15) is 5.75 Å². The van der Waals surface area contributed by atoms with Gasteiger partial charge < -0.3 is 9.26 Å². The van der Waals surface area contributed by atoms with Crippen LogP contribution in [0.2, 0.25) is 0 Å². The zero-order valence-electron chi connectivity index (χ0n) is 13.6. The van der Waals surface area contributed by atoms with E-state index in [0.717, 1.165) is 21.8 Å². The van der Waals surface area contributed by atoms with E-state index in [2.05, 4.69) is 16.2 Å². The second-order valence-electron chi connectivity index (χ2n) is 5.50. The van der Waals surface area contributed by atoms with Crippen LogP contribution in [0.3, 0.4) is 0 Å². The normalized spacial score (nSPS) is 10.4. The molecule has 0 saturated carbocycles. The fourth-order valence-corrected chi connectivity index (χ4v) is 3.09. The molecule has 0 atom stereocenters. The minimum Gasteiger partial charge on any atom is -0.485 e. The molecular formula is C20H13N3O2S. The minimum atomic E-state index is 0.241. The van der Waals surface area contributed by atoms with Crippen molar-refractivity contribution in [2.24, 2.45) is 0 Å². The Labute approximate surface area is 154 Å². The van der Waals surface area contributed by atoms with Crippen molar-refractivity contribution in [1.29, 1.82) is 5.26 Å². The number of benzene rings is 2. The van der Waals surface area contributed by atoms with Crippen molar-refractivity contribution in [2.45, 2.75) is 6.61 Å². The Morgan fingerprint density at radius 1 is 1.00 bits per heavy atom. The molecule has 2 aromatic carbocycles. The highest BCUT2D eigenvalue weighted by Gasteiger charge is 2.10. The van der Waals surface area contributed by atoms with Crippen molar-refractivity contribution in [1.82, 2.24) is 10.1 Å². The summed E-state index contributed by atoms with van der Waals surface area (Å²) in [6.45, 7) is 0.241. The van der Waals surface area contributed by atoms with Crippen molar-refractivity contribution >= 4 is 11.3 Å². The van der Waals surface area contributed by atoms with Gasteiger partial charge in [0.05, 0.1) is 16.5 Å². The molecule has 0 fully saturated rings. The van der Waals surface area contributed by atoms with Gasteiger partial charge in [0.25, 0.3) is 5.89 Å². The average Bonchev–Trinajstić information content (AvgIpc) is 3.38. The molecule has 0 amide bonds. The van der Waals surface area contributed by atoms with Gasteiger partial charge in [-0.3, -0.25) is 0 Å². The van der Waals surface area contributed by atoms with Gasteiger partial charge in [-0.25, -0.2) is 0 Å². The Bertz CT molecular complexity index is 1030. The Kier molecular flexibility index (Phi) is 4.46. The number of ether oxygens (including phenoxy) is 1. The van der Waals surface area contributed by atoms with Crippen molar-refractivity contribution in [3.63, 3.8) is 0 Å². The molecule has 0 spiro atoms. The van der Waals surface area contributed by atoms with Crippen molar-refractivity contribution < 1.29 is 9.26 Å². The molecule has 26 heavy (non-hydrogen) atoms. The standard InChI is InChI=1S/C20H13N3O2S/c21-12-14-3-5-15(6-4-14)16-7-9-17(10-8-16)24-13-19-22-20(25-23-19)18-2-1-11-26-18/h1-11H,13H2. The molecule has 2 aromatic heterocycles. The molecule has 126 valence electrons. The van der Waals surface area contributed by atoms with E-state index in [1.807, 2.05) is 53.9 Å². The van der Waals surface area contributed by atoms with Crippen LogP contribution < -0.4 is 4.74 Å². The van der Waals surface area contributed by atoms with E-state index in [1.165, 1.54) is 0 Å². The summed E-state index contributed by atoms with van der Waals surface area (Å²) in [5, 5.41) is 14.8. The molecule has 0 saturated heterocycles. The van der Waals surface area contributed by atoms with Crippen LogP contribution in [0.15, 0.2) is 70.6 Å². The second-order valence-corrected chi connectivity index (χ2v) is 6.44. The van der Waals surface area contributed by atoms with Crippen molar-refractivity contribution in [3.05, 3.63) is 77.4 Å². The summed E-state index contributed by atoms with van der Waals surface area (Å²) in [6, 6.07) is 21.2. The first-order valence-corrected chi connectivity index (χ1v) is 8.80. The second kappa shape index (κ2) is 7.21. The van der Waals surface area contributed by atoms with Crippen LogP contribution in [-0.2, 0) is 6.61 Å². The predicted molar refractivity (Wildman–Crippen MR) is 98.5 cm³/mol. The van der Waals surface area contributed by atoms with E-state index in [4.69, 9.17) is 14.5 Å². The number of thiophene rings is 1. The number of hydrogen-bond acceptors (Lipinski definition) is 6. The van der Waals surface area contributed by atoms with E-state index in [9.17, 15) is 0 Å². The molecule has 0 aliphatic rings. The summed E-state index contributed by atoms with van der Waals surface area (Å²) in [5.74, 6) is 1.74. The maximum atomic E-state index is 8.86. The highest BCUT2D eigenvalue weighted by molar-refractivity contribution is 7.13. The Morgan fingerprint density at radius 2 is 1.73 bits per heavy atom. The maximum absolute atomic E-state index is 8.86. The lowest BCUT2D eigenvalue weighted by Crippen LogP contribution is -1.97. The third-order valence-electron chi connectivity index (χ3n) is 3.77. The zero-order chi connectivity index (χ0) is 17.8. The zero-order valence-corrected chi connectivity index (χ0v) is 14.4. The van der Waals surface area contributed by atoms with Gasteiger partial charge in [-0.15, -0.1) is 11.3 Å². The molecule has 6 heteroatoms. The highest BCUT2D eigenvalue weighted by atomic mass is 32.1. The highest BCUT2D eigenvalue weighted by Crippen LogP contribution is 2.24. The molecule has 4 rings (SSSR count). The molecule has 0 aliphatic carbocycles. The number of nitriles is 1. The van der Waals surface area contributed by atoms with Crippen molar-refractivity contribution in [2.75, 3.05) is 0 Å². The fraction of sp³-hybridized carbons (Fsp3) is 0.0500. The molecule has 2 heterocycles. The van der Waals surface area contributed by atoms with Crippen LogP contribution in [0.4, 0.5) is 0 Å². The van der Waals surface area contributed by atoms with Gasteiger partial charge in [-0.05, 0) is 46.8 Å². The first-order valence-electron chi connectivity index (χ1n) is 7.92. The Hall–Kier alpha value is -3.43. The predicted octanol–water partition coefficient (Wildman–Crippen LogP) is 4.92. The summed E-state index contributed by atoms with van der Waals surface area (Å²) in [4.78, 5) is 5.27. The SMILES string of the molecule is N#Cc1ccc(-c2ccc(OCc3noc(-c4cccs4)n3)cc2)cc1. The van der Waals surface area contributed by atoms with Crippen LogP contribution in [0.5, 0.6) is 5.75 Å². The lowest BCUT2D eigenvalue weighted by atomic mass is 10.0. The monoisotopic (exact) mass is 359 g/mol. The van der Waals surface area contributed by atoms with Crippen LogP contribution in [0.25, 0.3) is 21.9 Å². The van der Waals surface area contributed by atoms with Crippen LogP contribution in [-0.4, -0.2) is 10.1 Å². The molecule has 0 aliphatic heterocycles. The summed E-state index contributed by atoms with van der Waals surface area (Å²) in [7, 11) is 0. The lowest BCUT2D eigenvalue weighted by Gasteiger charge is -2.05. The molecule has 4 aromatic rings. The van der Waals surface area contributed by atoms with Gasteiger partial charge in [-0.1, -0.05) is 35.5 Å². The molecule has 5 nitrogen and oxygen atoms in total. The molecule has 0 bridgehead atoms. The maximum Gasteiger partial charge on any atom is 0.268 e. The van der Waals surface area contributed by atoms with E-state index < -0.39 is 0 Å². The topological polar surface area (TPSA) is 71.9 Å². The van der Waals surface area contributed by atoms with Crippen LogP contribution in [0, 0.1) is 11.3 Å². The number of hydrogen-bond donors (Lipinski definition) is 0. The smallest absolute Gasteiger partial charge is 0.268 e. The van der Waals surface area contributed by atoms with Crippen LogP contribution in [0.1, 0.15) is 11.4 Å². The molecule has 0 radical (unpaired) electrons.